The highest BCUT2D eigenvalue weighted by Gasteiger charge is 2.26. The van der Waals surface area contributed by atoms with E-state index in [-0.39, 0.29) is 17.8 Å². The molecule has 132 valence electrons. The van der Waals surface area contributed by atoms with Gasteiger partial charge in [0.25, 0.3) is 0 Å². The summed E-state index contributed by atoms with van der Waals surface area (Å²) in [5.41, 5.74) is 1.04. The largest absolute Gasteiger partial charge is 0.338 e. The molecule has 1 N–H and O–H groups in total. The maximum Gasteiger partial charge on any atom is 0.241 e. The number of nitrogens with one attached hydrogen (secondary N) is 1. The molecule has 1 aliphatic heterocycles. The van der Waals surface area contributed by atoms with Gasteiger partial charge in [0.05, 0.1) is 6.04 Å². The lowest BCUT2D eigenvalue weighted by molar-refractivity contribution is -0.120. The van der Waals surface area contributed by atoms with Gasteiger partial charge in [-0.3, -0.25) is 9.69 Å². The van der Waals surface area contributed by atoms with Crippen molar-refractivity contribution in [2.24, 2.45) is 0 Å². The van der Waals surface area contributed by atoms with E-state index in [1.54, 1.807) is 37.5 Å². The van der Waals surface area contributed by atoms with Crippen LogP contribution in [0.25, 0.3) is 0 Å². The second-order valence-corrected chi connectivity index (χ2v) is 6.20. The number of carbonyl (C=O) groups is 1. The molecular formula is C18H22FN5O. The highest BCUT2D eigenvalue weighted by atomic mass is 19.1. The fourth-order valence-corrected chi connectivity index (χ4v) is 2.85. The number of hydrogen-bond donors (Lipinski definition) is 1. The number of benzene rings is 1. The van der Waals surface area contributed by atoms with Crippen LogP contribution in [-0.4, -0.2) is 53.0 Å². The van der Waals surface area contributed by atoms with Crippen LogP contribution >= 0.6 is 0 Å². The van der Waals surface area contributed by atoms with Crippen molar-refractivity contribution >= 4 is 17.5 Å². The fourth-order valence-electron chi connectivity index (χ4n) is 2.85. The summed E-state index contributed by atoms with van der Waals surface area (Å²) in [6.07, 6.45) is 3.46. The van der Waals surface area contributed by atoms with E-state index < -0.39 is 0 Å². The van der Waals surface area contributed by atoms with Gasteiger partial charge in [0, 0.05) is 44.3 Å². The maximum absolute atomic E-state index is 13.6. The number of anilines is 2. The van der Waals surface area contributed by atoms with Crippen molar-refractivity contribution in [1.29, 1.82) is 0 Å². The quantitative estimate of drug-likeness (QED) is 0.921. The van der Waals surface area contributed by atoms with Crippen LogP contribution in [0.15, 0.2) is 36.7 Å². The summed E-state index contributed by atoms with van der Waals surface area (Å²) in [4.78, 5) is 25.2. The number of aromatic nitrogens is 2. The Morgan fingerprint density at radius 3 is 2.52 bits per heavy atom. The van der Waals surface area contributed by atoms with E-state index in [1.807, 2.05) is 6.92 Å². The first-order valence-electron chi connectivity index (χ1n) is 8.37. The van der Waals surface area contributed by atoms with E-state index in [1.165, 1.54) is 6.07 Å². The predicted molar refractivity (Wildman–Crippen MR) is 95.0 cm³/mol. The van der Waals surface area contributed by atoms with Gasteiger partial charge >= 0.3 is 0 Å². The molecule has 0 radical (unpaired) electrons. The van der Waals surface area contributed by atoms with E-state index in [2.05, 4.69) is 25.1 Å². The van der Waals surface area contributed by atoms with Crippen molar-refractivity contribution in [2.45, 2.75) is 19.9 Å². The van der Waals surface area contributed by atoms with Gasteiger partial charge in [-0.2, -0.15) is 0 Å². The highest BCUT2D eigenvalue weighted by Crippen LogP contribution is 2.16. The normalized spacial score (nSPS) is 16.5. The van der Waals surface area contributed by atoms with Crippen molar-refractivity contribution in [3.05, 3.63) is 48.0 Å². The van der Waals surface area contributed by atoms with Gasteiger partial charge in [-0.1, -0.05) is 6.07 Å². The van der Waals surface area contributed by atoms with Gasteiger partial charge in [-0.15, -0.1) is 0 Å². The Hall–Kier alpha value is -2.54. The van der Waals surface area contributed by atoms with Crippen LogP contribution in [0.3, 0.4) is 0 Å². The number of hydrogen-bond acceptors (Lipinski definition) is 5. The van der Waals surface area contributed by atoms with Crippen LogP contribution < -0.4 is 10.2 Å². The second kappa shape index (κ2) is 7.57. The molecule has 1 saturated heterocycles. The van der Waals surface area contributed by atoms with Gasteiger partial charge in [-0.05, 0) is 37.6 Å². The Morgan fingerprint density at radius 2 is 1.88 bits per heavy atom. The van der Waals surface area contributed by atoms with Gasteiger partial charge in [-0.25, -0.2) is 14.4 Å². The third-order valence-electron chi connectivity index (χ3n) is 4.52. The van der Waals surface area contributed by atoms with Gasteiger partial charge < -0.3 is 10.2 Å². The standard InChI is InChI=1S/C18H22FN5O/c1-13-4-5-15(12-16(13)19)22-17(25)14(2)23-8-10-24(11-9-23)18-20-6-3-7-21-18/h3-7,12,14H,8-11H2,1-2H3,(H,22,25). The topological polar surface area (TPSA) is 61.4 Å². The van der Waals surface area contributed by atoms with Crippen LogP contribution in [-0.2, 0) is 4.79 Å². The third kappa shape index (κ3) is 4.11. The zero-order chi connectivity index (χ0) is 17.8. The summed E-state index contributed by atoms with van der Waals surface area (Å²) < 4.78 is 13.6. The van der Waals surface area contributed by atoms with Crippen molar-refractivity contribution in [3.8, 4) is 0 Å². The van der Waals surface area contributed by atoms with Crippen molar-refractivity contribution in [1.82, 2.24) is 14.9 Å². The summed E-state index contributed by atoms with van der Waals surface area (Å²) in [7, 11) is 0. The highest BCUT2D eigenvalue weighted by molar-refractivity contribution is 5.94. The Bertz CT molecular complexity index is 732. The number of aryl methyl sites for hydroxylation is 1. The average Bonchev–Trinajstić information content (AvgIpc) is 2.65. The number of halogens is 1. The molecule has 6 nitrogen and oxygen atoms in total. The summed E-state index contributed by atoms with van der Waals surface area (Å²) in [6, 6.07) is 6.23. The smallest absolute Gasteiger partial charge is 0.241 e. The lowest BCUT2D eigenvalue weighted by Gasteiger charge is -2.37. The van der Waals surface area contributed by atoms with E-state index >= 15 is 0 Å². The zero-order valence-corrected chi connectivity index (χ0v) is 14.4. The molecule has 2 aromatic rings. The molecule has 2 heterocycles. The van der Waals surface area contributed by atoms with Crippen molar-refractivity contribution in [3.63, 3.8) is 0 Å². The number of carbonyl (C=O) groups excluding carboxylic acids is 1. The summed E-state index contributed by atoms with van der Waals surface area (Å²) in [6.45, 7) is 6.58. The van der Waals surface area contributed by atoms with Crippen LogP contribution in [0.5, 0.6) is 0 Å². The monoisotopic (exact) mass is 343 g/mol. The van der Waals surface area contributed by atoms with Crippen LogP contribution in [0, 0.1) is 12.7 Å². The second-order valence-electron chi connectivity index (χ2n) is 6.20. The number of nitrogens with zero attached hydrogens (tertiary/aromatic N) is 4. The maximum atomic E-state index is 13.6. The van der Waals surface area contributed by atoms with Gasteiger partial charge in [0.1, 0.15) is 5.82 Å². The van der Waals surface area contributed by atoms with Gasteiger partial charge in [0.15, 0.2) is 0 Å². The number of rotatable bonds is 4. The molecule has 1 aromatic heterocycles. The molecule has 0 saturated carbocycles. The molecule has 25 heavy (non-hydrogen) atoms. The minimum atomic E-state index is -0.318. The average molecular weight is 343 g/mol. The molecule has 1 amide bonds. The molecule has 7 heteroatoms. The Kier molecular flexibility index (Phi) is 5.23. The van der Waals surface area contributed by atoms with Crippen LogP contribution in [0.1, 0.15) is 12.5 Å². The summed E-state index contributed by atoms with van der Waals surface area (Å²) in [5.74, 6) is 0.268. The molecule has 1 fully saturated rings. The number of piperazine rings is 1. The lowest BCUT2D eigenvalue weighted by atomic mass is 10.2. The van der Waals surface area contributed by atoms with E-state index in [0.29, 0.717) is 11.3 Å². The van der Waals surface area contributed by atoms with Crippen LogP contribution in [0.2, 0.25) is 0 Å². The molecule has 1 unspecified atom stereocenters. The van der Waals surface area contributed by atoms with Crippen molar-refractivity contribution in [2.75, 3.05) is 36.4 Å². The first kappa shape index (κ1) is 17.3. The first-order valence-corrected chi connectivity index (χ1v) is 8.37. The molecular weight excluding hydrogens is 321 g/mol. The molecule has 1 atom stereocenters. The summed E-state index contributed by atoms with van der Waals surface area (Å²) in [5, 5.41) is 2.79. The first-order chi connectivity index (χ1) is 12.0. The Morgan fingerprint density at radius 1 is 1.20 bits per heavy atom. The minimum absolute atomic E-state index is 0.132. The summed E-state index contributed by atoms with van der Waals surface area (Å²) >= 11 is 0. The molecule has 0 aliphatic carbocycles. The lowest BCUT2D eigenvalue weighted by Crippen LogP contribution is -2.53. The molecule has 1 aromatic carbocycles. The van der Waals surface area contributed by atoms with E-state index in [0.717, 1.165) is 32.1 Å². The molecule has 0 bridgehead atoms. The number of amides is 1. The molecule has 1 aliphatic rings. The van der Waals surface area contributed by atoms with E-state index in [9.17, 15) is 9.18 Å². The SMILES string of the molecule is Cc1ccc(NC(=O)C(C)N2CCN(c3ncccn3)CC2)cc1F. The molecule has 0 spiro atoms. The predicted octanol–water partition coefficient (Wildman–Crippen LogP) is 2.07. The van der Waals surface area contributed by atoms with Crippen LogP contribution in [0.4, 0.5) is 16.0 Å². The fraction of sp³-hybridized carbons (Fsp3) is 0.389. The van der Waals surface area contributed by atoms with Gasteiger partial charge in [0.2, 0.25) is 11.9 Å². The van der Waals surface area contributed by atoms with E-state index in [4.69, 9.17) is 0 Å². The minimum Gasteiger partial charge on any atom is -0.338 e. The Labute approximate surface area is 146 Å². The van der Waals surface area contributed by atoms with Crippen molar-refractivity contribution < 1.29 is 9.18 Å². The molecule has 3 rings (SSSR count). The third-order valence-corrected chi connectivity index (χ3v) is 4.52. The Balaban J connectivity index is 1.55. The zero-order valence-electron chi connectivity index (χ0n) is 14.4.